The predicted octanol–water partition coefficient (Wildman–Crippen LogP) is 1.79. The molecule has 1 aliphatic heterocycles. The van der Waals surface area contributed by atoms with Gasteiger partial charge in [0, 0.05) is 43.0 Å². The maximum absolute atomic E-state index is 12.5. The molecule has 0 spiro atoms. The van der Waals surface area contributed by atoms with Crippen LogP contribution in [0.5, 0.6) is 0 Å². The highest BCUT2D eigenvalue weighted by Crippen LogP contribution is 2.18. The maximum atomic E-state index is 12.5. The molecule has 1 aromatic carbocycles. The minimum absolute atomic E-state index is 0.0458. The number of hydrogen-bond acceptors (Lipinski definition) is 3. The first-order valence-electron chi connectivity index (χ1n) is 8.33. The lowest BCUT2D eigenvalue weighted by atomic mass is 9.93. The fraction of sp³-hybridized carbons (Fsp3) is 0.529. The largest absolute Gasteiger partial charge is 0.335 e. The average Bonchev–Trinajstić information content (AvgIpc) is 2.52. The van der Waals surface area contributed by atoms with Gasteiger partial charge in [0.25, 0.3) is 5.91 Å². The van der Waals surface area contributed by atoms with E-state index in [2.05, 4.69) is 16.0 Å². The van der Waals surface area contributed by atoms with Gasteiger partial charge in [-0.15, -0.1) is 0 Å². The van der Waals surface area contributed by atoms with Crippen LogP contribution in [0.3, 0.4) is 0 Å². The zero-order valence-corrected chi connectivity index (χ0v) is 13.5. The Hall–Kier alpha value is -2.08. The van der Waals surface area contributed by atoms with Gasteiger partial charge < -0.3 is 20.9 Å². The van der Waals surface area contributed by atoms with Crippen LogP contribution in [-0.4, -0.2) is 48.6 Å². The molecular weight excluding hydrogens is 292 g/mol. The summed E-state index contributed by atoms with van der Waals surface area (Å²) in [5.41, 5.74) is 1.36. The minimum atomic E-state index is -0.176. The van der Waals surface area contributed by atoms with Gasteiger partial charge in [0.2, 0.25) is 0 Å². The third-order valence-corrected chi connectivity index (χ3v) is 4.59. The number of amides is 3. The first-order chi connectivity index (χ1) is 11.1. The number of rotatable bonds is 3. The molecule has 124 valence electrons. The van der Waals surface area contributed by atoms with Crippen LogP contribution in [0.15, 0.2) is 24.3 Å². The van der Waals surface area contributed by atoms with Crippen molar-refractivity contribution in [3.05, 3.63) is 29.8 Å². The van der Waals surface area contributed by atoms with Crippen LogP contribution < -0.4 is 16.0 Å². The van der Waals surface area contributed by atoms with E-state index < -0.39 is 0 Å². The van der Waals surface area contributed by atoms with Gasteiger partial charge in [-0.05, 0) is 50.5 Å². The summed E-state index contributed by atoms with van der Waals surface area (Å²) in [6.45, 7) is 4.43. The molecule has 2 fully saturated rings. The molecule has 6 nitrogen and oxygen atoms in total. The zero-order chi connectivity index (χ0) is 16.2. The number of nitrogens with one attached hydrogen (secondary N) is 3. The van der Waals surface area contributed by atoms with Crippen LogP contribution in [0.4, 0.5) is 10.5 Å². The van der Waals surface area contributed by atoms with Gasteiger partial charge in [0.05, 0.1) is 0 Å². The van der Waals surface area contributed by atoms with E-state index in [1.165, 1.54) is 6.42 Å². The Balaban J connectivity index is 1.57. The fourth-order valence-corrected chi connectivity index (χ4v) is 2.91. The lowest BCUT2D eigenvalue weighted by Gasteiger charge is -2.34. The average molecular weight is 316 g/mol. The second-order valence-corrected chi connectivity index (χ2v) is 6.36. The molecule has 3 amide bonds. The number of urea groups is 1. The normalized spacial score (nSPS) is 21.4. The van der Waals surface area contributed by atoms with E-state index in [4.69, 9.17) is 0 Å². The van der Waals surface area contributed by atoms with Gasteiger partial charge in [-0.25, -0.2) is 4.79 Å². The van der Waals surface area contributed by atoms with Crippen LogP contribution in [0.1, 0.15) is 36.5 Å². The molecule has 23 heavy (non-hydrogen) atoms. The molecule has 6 heteroatoms. The summed E-state index contributed by atoms with van der Waals surface area (Å²) in [7, 11) is 0. The molecule has 1 saturated carbocycles. The molecule has 2 aliphatic rings. The van der Waals surface area contributed by atoms with Crippen LogP contribution in [0.25, 0.3) is 0 Å². The van der Waals surface area contributed by atoms with Crippen molar-refractivity contribution in [2.24, 2.45) is 0 Å². The summed E-state index contributed by atoms with van der Waals surface area (Å²) in [4.78, 5) is 26.2. The lowest BCUT2D eigenvalue weighted by Crippen LogP contribution is -2.52. The van der Waals surface area contributed by atoms with Gasteiger partial charge in [0.1, 0.15) is 0 Å². The summed E-state index contributed by atoms with van der Waals surface area (Å²) in [6, 6.07) is 7.43. The highest BCUT2D eigenvalue weighted by Gasteiger charge is 2.24. The van der Waals surface area contributed by atoms with Gasteiger partial charge >= 0.3 is 6.03 Å². The monoisotopic (exact) mass is 316 g/mol. The molecule has 0 radical (unpaired) electrons. The number of carbonyl (C=O) groups excluding carboxylic acids is 2. The third kappa shape index (κ3) is 3.82. The quantitative estimate of drug-likeness (QED) is 0.796. The molecule has 1 saturated heterocycles. The zero-order valence-electron chi connectivity index (χ0n) is 13.5. The van der Waals surface area contributed by atoms with Crippen molar-refractivity contribution in [1.82, 2.24) is 15.5 Å². The van der Waals surface area contributed by atoms with E-state index in [1.807, 2.05) is 11.8 Å². The number of hydrogen-bond donors (Lipinski definition) is 3. The molecule has 1 atom stereocenters. The SMILES string of the molecule is CC1CNCCN1C(=O)c1ccc(NC(=O)NC2CCC2)cc1. The Morgan fingerprint density at radius 1 is 1.22 bits per heavy atom. The maximum Gasteiger partial charge on any atom is 0.319 e. The second kappa shape index (κ2) is 7.00. The van der Waals surface area contributed by atoms with Gasteiger partial charge in [-0.1, -0.05) is 0 Å². The Labute approximate surface area is 136 Å². The molecule has 1 aliphatic carbocycles. The smallest absolute Gasteiger partial charge is 0.319 e. The molecule has 1 unspecified atom stereocenters. The molecule has 3 N–H and O–H groups in total. The summed E-state index contributed by atoms with van der Waals surface area (Å²) in [5, 5.41) is 9.02. The Kier molecular flexibility index (Phi) is 4.81. The Morgan fingerprint density at radius 2 is 1.96 bits per heavy atom. The number of anilines is 1. The molecule has 1 aromatic rings. The van der Waals surface area contributed by atoms with Gasteiger partial charge in [0.15, 0.2) is 0 Å². The number of piperazine rings is 1. The second-order valence-electron chi connectivity index (χ2n) is 6.36. The highest BCUT2D eigenvalue weighted by molar-refractivity contribution is 5.95. The van der Waals surface area contributed by atoms with E-state index >= 15 is 0 Å². The summed E-state index contributed by atoms with van der Waals surface area (Å²) in [5.74, 6) is 0.0458. The van der Waals surface area contributed by atoms with E-state index in [9.17, 15) is 9.59 Å². The summed E-state index contributed by atoms with van der Waals surface area (Å²) in [6.07, 6.45) is 3.31. The molecule has 0 aromatic heterocycles. The third-order valence-electron chi connectivity index (χ3n) is 4.59. The molecular formula is C17H24N4O2. The van der Waals surface area contributed by atoms with Crippen molar-refractivity contribution in [1.29, 1.82) is 0 Å². The van der Waals surface area contributed by atoms with E-state index in [-0.39, 0.29) is 18.0 Å². The van der Waals surface area contributed by atoms with Crippen LogP contribution in [-0.2, 0) is 0 Å². The lowest BCUT2D eigenvalue weighted by molar-refractivity contribution is 0.0656. The van der Waals surface area contributed by atoms with E-state index in [0.29, 0.717) is 17.3 Å². The van der Waals surface area contributed by atoms with Crippen LogP contribution in [0, 0.1) is 0 Å². The molecule has 1 heterocycles. The fourth-order valence-electron chi connectivity index (χ4n) is 2.91. The van der Waals surface area contributed by atoms with Gasteiger partial charge in [-0.2, -0.15) is 0 Å². The molecule has 0 bridgehead atoms. The van der Waals surface area contributed by atoms with Crippen molar-refractivity contribution in [2.45, 2.75) is 38.3 Å². The highest BCUT2D eigenvalue weighted by atomic mass is 16.2. The van der Waals surface area contributed by atoms with Crippen molar-refractivity contribution in [3.8, 4) is 0 Å². The number of benzene rings is 1. The first-order valence-corrected chi connectivity index (χ1v) is 8.33. The summed E-state index contributed by atoms with van der Waals surface area (Å²) >= 11 is 0. The van der Waals surface area contributed by atoms with Crippen LogP contribution in [0.2, 0.25) is 0 Å². The predicted molar refractivity (Wildman–Crippen MR) is 89.6 cm³/mol. The topological polar surface area (TPSA) is 73.5 Å². The Morgan fingerprint density at radius 3 is 2.57 bits per heavy atom. The first kappa shape index (κ1) is 15.8. The van der Waals surface area contributed by atoms with Crippen molar-refractivity contribution in [3.63, 3.8) is 0 Å². The van der Waals surface area contributed by atoms with E-state index in [0.717, 1.165) is 32.5 Å². The molecule has 3 rings (SSSR count). The van der Waals surface area contributed by atoms with Crippen molar-refractivity contribution >= 4 is 17.6 Å². The van der Waals surface area contributed by atoms with E-state index in [1.54, 1.807) is 24.3 Å². The van der Waals surface area contributed by atoms with Crippen LogP contribution >= 0.6 is 0 Å². The van der Waals surface area contributed by atoms with Crippen molar-refractivity contribution < 1.29 is 9.59 Å². The minimum Gasteiger partial charge on any atom is -0.335 e. The van der Waals surface area contributed by atoms with Crippen molar-refractivity contribution in [2.75, 3.05) is 25.0 Å². The van der Waals surface area contributed by atoms with Gasteiger partial charge in [-0.3, -0.25) is 4.79 Å². The summed E-state index contributed by atoms with van der Waals surface area (Å²) < 4.78 is 0. The number of carbonyl (C=O) groups is 2. The number of nitrogens with zero attached hydrogens (tertiary/aromatic N) is 1. The standard InChI is InChI=1S/C17H24N4O2/c1-12-11-18-9-10-21(12)16(22)13-5-7-15(8-6-13)20-17(23)19-14-3-2-4-14/h5-8,12,14,18H,2-4,9-11H2,1H3,(H2,19,20,23). The Bertz CT molecular complexity index is 568.